The van der Waals surface area contributed by atoms with Crippen molar-refractivity contribution in [3.63, 3.8) is 0 Å². The first-order valence-electron chi connectivity index (χ1n) is 10.4. The average molecular weight is 436 g/mol. The van der Waals surface area contributed by atoms with Crippen LogP contribution in [-0.2, 0) is 11.2 Å². The number of anilines is 1. The maximum absolute atomic E-state index is 12.7. The summed E-state index contributed by atoms with van der Waals surface area (Å²) >= 11 is 1.49. The maximum atomic E-state index is 12.7. The Labute approximate surface area is 185 Å². The Hall–Kier alpha value is -3.19. The summed E-state index contributed by atoms with van der Waals surface area (Å²) in [6.07, 6.45) is 4.47. The van der Waals surface area contributed by atoms with E-state index in [0.29, 0.717) is 16.9 Å². The van der Waals surface area contributed by atoms with Crippen molar-refractivity contribution >= 4 is 28.8 Å². The molecule has 1 aliphatic rings. The largest absolute Gasteiger partial charge is 0.497 e. The fraction of sp³-hybridized carbons (Fsp3) is 0.292. The van der Waals surface area contributed by atoms with Gasteiger partial charge in [0.2, 0.25) is 5.91 Å². The predicted octanol–water partition coefficient (Wildman–Crippen LogP) is 4.67. The van der Waals surface area contributed by atoms with Crippen molar-refractivity contribution in [2.24, 2.45) is 0 Å². The van der Waals surface area contributed by atoms with Crippen LogP contribution in [0.15, 0.2) is 53.9 Å². The molecule has 1 aromatic heterocycles. The summed E-state index contributed by atoms with van der Waals surface area (Å²) in [5.41, 5.74) is 2.68. The van der Waals surface area contributed by atoms with Gasteiger partial charge in [-0.05, 0) is 49.2 Å². The molecule has 1 fully saturated rings. The average Bonchev–Trinajstić information content (AvgIpc) is 3.46. The molecule has 0 unspecified atom stereocenters. The molecule has 4 rings (SSSR count). The highest BCUT2D eigenvalue weighted by Gasteiger charge is 2.20. The Morgan fingerprint density at radius 3 is 2.58 bits per heavy atom. The van der Waals surface area contributed by atoms with E-state index in [1.165, 1.54) is 11.3 Å². The van der Waals surface area contributed by atoms with Crippen LogP contribution in [0.2, 0.25) is 0 Å². The van der Waals surface area contributed by atoms with Gasteiger partial charge < -0.3 is 15.4 Å². The molecule has 0 saturated heterocycles. The lowest BCUT2D eigenvalue weighted by atomic mass is 10.1. The number of aromatic nitrogens is 1. The molecule has 1 saturated carbocycles. The van der Waals surface area contributed by atoms with Gasteiger partial charge in [-0.1, -0.05) is 25.0 Å². The third-order valence-electron chi connectivity index (χ3n) is 5.37. The second-order valence-electron chi connectivity index (χ2n) is 7.60. The number of nitrogens with one attached hydrogen (secondary N) is 2. The van der Waals surface area contributed by atoms with Crippen LogP contribution in [-0.4, -0.2) is 29.9 Å². The minimum Gasteiger partial charge on any atom is -0.497 e. The zero-order valence-corrected chi connectivity index (χ0v) is 18.2. The number of methoxy groups -OCH3 is 1. The number of benzene rings is 2. The molecule has 0 spiro atoms. The first-order chi connectivity index (χ1) is 15.1. The quantitative estimate of drug-likeness (QED) is 0.565. The normalized spacial score (nSPS) is 13.7. The number of para-hydroxylation sites is 1. The van der Waals surface area contributed by atoms with E-state index in [2.05, 4.69) is 15.6 Å². The van der Waals surface area contributed by atoms with Crippen LogP contribution in [0.4, 0.5) is 5.69 Å². The summed E-state index contributed by atoms with van der Waals surface area (Å²) in [5.74, 6) is 0.446. The highest BCUT2D eigenvalue weighted by Crippen LogP contribution is 2.26. The van der Waals surface area contributed by atoms with Crippen LogP contribution in [0.5, 0.6) is 5.75 Å². The molecule has 2 aromatic carbocycles. The van der Waals surface area contributed by atoms with Crippen LogP contribution in [0, 0.1) is 0 Å². The Morgan fingerprint density at radius 1 is 1.10 bits per heavy atom. The molecule has 1 heterocycles. The number of hydrogen-bond acceptors (Lipinski definition) is 5. The second kappa shape index (κ2) is 9.75. The van der Waals surface area contributed by atoms with Gasteiger partial charge in [-0.25, -0.2) is 4.98 Å². The summed E-state index contributed by atoms with van der Waals surface area (Å²) < 4.78 is 5.18. The molecule has 7 heteroatoms. The number of carbonyl (C=O) groups is 2. The van der Waals surface area contributed by atoms with Gasteiger partial charge in [0.05, 0.1) is 30.5 Å². The molecule has 0 aliphatic heterocycles. The minimum atomic E-state index is -0.201. The van der Waals surface area contributed by atoms with Gasteiger partial charge in [-0.3, -0.25) is 9.59 Å². The van der Waals surface area contributed by atoms with Gasteiger partial charge in [0.1, 0.15) is 10.8 Å². The molecule has 3 aromatic rings. The summed E-state index contributed by atoms with van der Waals surface area (Å²) in [5, 5.41) is 8.69. The van der Waals surface area contributed by atoms with Gasteiger partial charge in [-0.2, -0.15) is 0 Å². The van der Waals surface area contributed by atoms with Crippen molar-refractivity contribution in [1.29, 1.82) is 0 Å². The number of hydrogen-bond donors (Lipinski definition) is 2. The minimum absolute atomic E-state index is 0.141. The molecule has 0 atom stereocenters. The first kappa shape index (κ1) is 21.1. The number of carbonyl (C=O) groups excluding carboxylic acids is 2. The fourth-order valence-corrected chi connectivity index (χ4v) is 4.56. The molecule has 1 aliphatic carbocycles. The smallest absolute Gasteiger partial charge is 0.253 e. The van der Waals surface area contributed by atoms with E-state index in [1.54, 1.807) is 25.3 Å². The standard InChI is InChI=1S/C24H25N3O3S/c1-30-19-12-10-16(11-13-19)24-26-18(15-31-24)14-22(28)27-21-9-5-4-8-20(21)23(29)25-17-6-2-3-7-17/h4-5,8-13,15,17H,2-3,6-7,14H2,1H3,(H,25,29)(H,27,28). The molecular weight excluding hydrogens is 410 g/mol. The zero-order valence-electron chi connectivity index (χ0n) is 17.4. The monoisotopic (exact) mass is 435 g/mol. The highest BCUT2D eigenvalue weighted by molar-refractivity contribution is 7.13. The van der Waals surface area contributed by atoms with Crippen LogP contribution >= 0.6 is 11.3 Å². The van der Waals surface area contributed by atoms with Crippen molar-refractivity contribution in [3.05, 3.63) is 65.2 Å². The highest BCUT2D eigenvalue weighted by atomic mass is 32.1. The molecular formula is C24H25N3O3S. The number of nitrogens with zero attached hydrogens (tertiary/aromatic N) is 1. The molecule has 31 heavy (non-hydrogen) atoms. The van der Waals surface area contributed by atoms with Crippen LogP contribution in [0.1, 0.15) is 41.7 Å². The van der Waals surface area contributed by atoms with Gasteiger partial charge in [0.15, 0.2) is 0 Å². The van der Waals surface area contributed by atoms with Gasteiger partial charge in [-0.15, -0.1) is 11.3 Å². The van der Waals surface area contributed by atoms with Crippen molar-refractivity contribution in [3.8, 4) is 16.3 Å². The molecule has 0 bridgehead atoms. The number of ether oxygens (including phenoxy) is 1. The molecule has 2 N–H and O–H groups in total. The number of thiazole rings is 1. The first-order valence-corrected chi connectivity index (χ1v) is 11.3. The lowest BCUT2D eigenvalue weighted by Crippen LogP contribution is -2.33. The second-order valence-corrected chi connectivity index (χ2v) is 8.46. The number of rotatable bonds is 7. The van der Waals surface area contributed by atoms with Gasteiger partial charge >= 0.3 is 0 Å². The molecule has 0 radical (unpaired) electrons. The van der Waals surface area contributed by atoms with Crippen molar-refractivity contribution in [2.75, 3.05) is 12.4 Å². The third kappa shape index (κ3) is 5.30. The van der Waals surface area contributed by atoms with Gasteiger partial charge in [0, 0.05) is 17.0 Å². The maximum Gasteiger partial charge on any atom is 0.253 e. The number of amides is 2. The SMILES string of the molecule is COc1ccc(-c2nc(CC(=O)Nc3ccccc3C(=O)NC3CCCC3)cs2)cc1. The van der Waals surface area contributed by atoms with Crippen molar-refractivity contribution in [1.82, 2.24) is 10.3 Å². The van der Waals surface area contributed by atoms with Gasteiger partial charge in [0.25, 0.3) is 5.91 Å². The molecule has 160 valence electrons. The van der Waals surface area contributed by atoms with E-state index in [0.717, 1.165) is 42.0 Å². The van der Waals surface area contributed by atoms with E-state index in [1.807, 2.05) is 35.7 Å². The summed E-state index contributed by atoms with van der Waals surface area (Å²) in [7, 11) is 1.63. The predicted molar refractivity (Wildman–Crippen MR) is 123 cm³/mol. The van der Waals surface area contributed by atoms with E-state index in [-0.39, 0.29) is 24.3 Å². The van der Waals surface area contributed by atoms with Crippen LogP contribution in [0.3, 0.4) is 0 Å². The van der Waals surface area contributed by atoms with E-state index >= 15 is 0 Å². The zero-order chi connectivity index (χ0) is 21.6. The molecule has 6 nitrogen and oxygen atoms in total. The van der Waals surface area contributed by atoms with Crippen LogP contribution in [0.25, 0.3) is 10.6 Å². The Bertz CT molecular complexity index is 1060. The summed E-state index contributed by atoms with van der Waals surface area (Å²) in [6.45, 7) is 0. The van der Waals surface area contributed by atoms with E-state index in [9.17, 15) is 9.59 Å². The van der Waals surface area contributed by atoms with Crippen LogP contribution < -0.4 is 15.4 Å². The third-order valence-corrected chi connectivity index (χ3v) is 6.31. The van der Waals surface area contributed by atoms with E-state index < -0.39 is 0 Å². The summed E-state index contributed by atoms with van der Waals surface area (Å²) in [6, 6.07) is 15.0. The Kier molecular flexibility index (Phi) is 6.62. The molecule has 2 amide bonds. The van der Waals surface area contributed by atoms with Crippen molar-refractivity contribution < 1.29 is 14.3 Å². The lowest BCUT2D eigenvalue weighted by Gasteiger charge is -2.14. The Balaban J connectivity index is 1.40. The topological polar surface area (TPSA) is 80.3 Å². The Morgan fingerprint density at radius 2 is 1.84 bits per heavy atom. The fourth-order valence-electron chi connectivity index (χ4n) is 3.74. The lowest BCUT2D eigenvalue weighted by molar-refractivity contribution is -0.115. The summed E-state index contributed by atoms with van der Waals surface area (Å²) in [4.78, 5) is 29.9. The van der Waals surface area contributed by atoms with E-state index in [4.69, 9.17) is 4.74 Å². The van der Waals surface area contributed by atoms with Crippen molar-refractivity contribution in [2.45, 2.75) is 38.1 Å².